The molecule has 0 aromatic heterocycles. The van der Waals surface area contributed by atoms with Gasteiger partial charge in [-0.3, -0.25) is 0 Å². The molecule has 0 radical (unpaired) electrons. The second kappa shape index (κ2) is 19.9. The van der Waals surface area contributed by atoms with E-state index in [1.54, 1.807) is 0 Å². The molecule has 2 atom stereocenters. The lowest BCUT2D eigenvalue weighted by Gasteiger charge is -2.39. The van der Waals surface area contributed by atoms with Crippen molar-refractivity contribution in [2.45, 2.75) is 84.5 Å². The highest BCUT2D eigenvalue weighted by atomic mass is 16.7. The molecule has 406 valence electrons. The molecule has 0 saturated carbocycles. The van der Waals surface area contributed by atoms with Gasteiger partial charge in [-0.15, -0.1) is 0 Å². The first-order chi connectivity index (χ1) is 39.9. The summed E-state index contributed by atoms with van der Waals surface area (Å²) in [5.74, 6) is 4.30. The van der Waals surface area contributed by atoms with Crippen LogP contribution < -0.4 is 28.6 Å². The summed E-state index contributed by atoms with van der Waals surface area (Å²) < 4.78 is 32.5. The van der Waals surface area contributed by atoms with Crippen molar-refractivity contribution in [2.24, 2.45) is 0 Å². The number of hydrogen-bond donors (Lipinski definition) is 0. The number of hydrogen-bond acceptors (Lipinski definition) is 6. The van der Waals surface area contributed by atoms with Gasteiger partial charge in [-0.1, -0.05) is 156 Å². The quantitative estimate of drug-likeness (QED) is 0.159. The minimum atomic E-state index is -0.791. The van der Waals surface area contributed by atoms with Crippen molar-refractivity contribution in [3.63, 3.8) is 0 Å². The lowest BCUT2D eigenvalue weighted by atomic mass is 9.77. The van der Waals surface area contributed by atoms with Gasteiger partial charge in [-0.25, -0.2) is 0 Å². The van der Waals surface area contributed by atoms with Crippen molar-refractivity contribution >= 4 is 39.4 Å². The van der Waals surface area contributed by atoms with Crippen LogP contribution in [0.5, 0.6) is 28.7 Å². The predicted octanol–water partition coefficient (Wildman–Crippen LogP) is 17.7. The van der Waals surface area contributed by atoms with Crippen molar-refractivity contribution in [1.29, 1.82) is 0 Å². The summed E-state index contributed by atoms with van der Waals surface area (Å²) in [5, 5.41) is 4.63. The van der Waals surface area contributed by atoms with E-state index in [-0.39, 0.29) is 12.9 Å². The first kappa shape index (κ1) is 51.2. The lowest BCUT2D eigenvalue weighted by molar-refractivity contribution is 0.163. The van der Waals surface area contributed by atoms with Crippen LogP contribution in [0.15, 0.2) is 182 Å². The normalized spacial score (nSPS) is 17.5. The zero-order valence-electron chi connectivity index (χ0n) is 48.1. The maximum absolute atomic E-state index is 7.42. The number of aryl methyl sites for hydroxylation is 6. The van der Waals surface area contributed by atoms with E-state index >= 15 is 0 Å². The largest absolute Gasteiger partial charge is 0.491 e. The summed E-state index contributed by atoms with van der Waals surface area (Å²) in [6, 6.07) is 61.3. The van der Waals surface area contributed by atoms with Crippen LogP contribution in [-0.2, 0) is 36.9 Å². The number of ether oxygens (including phenoxy) is 5. The number of benzene rings is 10. The van der Waals surface area contributed by atoms with Gasteiger partial charge in [0.2, 0.25) is 6.79 Å². The third kappa shape index (κ3) is 8.44. The minimum absolute atomic E-state index is 0.125. The molecule has 0 spiro atoms. The third-order valence-electron chi connectivity index (χ3n) is 17.5. The van der Waals surface area contributed by atoms with Crippen molar-refractivity contribution in [3.05, 3.63) is 260 Å². The molecule has 82 heavy (non-hydrogen) atoms. The van der Waals surface area contributed by atoms with Crippen LogP contribution >= 0.6 is 0 Å². The third-order valence-corrected chi connectivity index (χ3v) is 17.5. The second-order valence-electron chi connectivity index (χ2n) is 23.5. The first-order valence-electron chi connectivity index (χ1n) is 29.0. The fraction of sp³-hybridized carbons (Fsp3) is 0.211. The zero-order chi connectivity index (χ0) is 56.0. The highest BCUT2D eigenvalue weighted by Gasteiger charge is 2.42. The van der Waals surface area contributed by atoms with Crippen molar-refractivity contribution in [2.75, 3.05) is 25.8 Å². The highest BCUT2D eigenvalue weighted by Crippen LogP contribution is 2.55. The van der Waals surface area contributed by atoms with Gasteiger partial charge in [-0.05, 0) is 183 Å². The SMILES string of the molecule is Cc1ccc(C2(c3ccc(N(C)C)c(C)c3)C=Cc3c4c(c5cc6c(cc5c3O2)OCO6)-c2ccccc2CC4)cc1.Cc1ccc(C2(c3ccc(OC(C)C)cc3)C=Cc3c4c(c5ccc(C)cc5c3O2)-c2ccccc2CC4)cc1. The van der Waals surface area contributed by atoms with Crippen LogP contribution in [0, 0.1) is 27.7 Å². The molecule has 5 aliphatic rings. The number of rotatable bonds is 7. The number of nitrogens with zero attached hydrogens (tertiary/aromatic N) is 1. The van der Waals surface area contributed by atoms with E-state index in [9.17, 15) is 0 Å². The molecule has 2 unspecified atom stereocenters. The van der Waals surface area contributed by atoms with Crippen LogP contribution in [0.4, 0.5) is 5.69 Å². The van der Waals surface area contributed by atoms with Crippen LogP contribution in [0.25, 0.3) is 56.0 Å². The Morgan fingerprint density at radius 1 is 0.463 bits per heavy atom. The van der Waals surface area contributed by atoms with Crippen LogP contribution in [0.2, 0.25) is 0 Å². The summed E-state index contributed by atoms with van der Waals surface area (Å²) in [7, 11) is 4.17. The molecular formula is C76H67NO5. The zero-order valence-corrected chi connectivity index (χ0v) is 48.1. The Kier molecular flexibility index (Phi) is 12.4. The molecule has 0 saturated heterocycles. The van der Waals surface area contributed by atoms with Gasteiger partial charge in [0.25, 0.3) is 0 Å². The molecule has 10 aromatic carbocycles. The number of fused-ring (bicyclic) bond motifs is 17. The van der Waals surface area contributed by atoms with E-state index < -0.39 is 11.2 Å². The van der Waals surface area contributed by atoms with Gasteiger partial charge < -0.3 is 28.6 Å². The van der Waals surface area contributed by atoms with E-state index in [0.29, 0.717) is 0 Å². The summed E-state index contributed by atoms with van der Waals surface area (Å²) >= 11 is 0. The van der Waals surface area contributed by atoms with Gasteiger partial charge in [-0.2, -0.15) is 0 Å². The Morgan fingerprint density at radius 2 is 0.939 bits per heavy atom. The van der Waals surface area contributed by atoms with Gasteiger partial charge in [0.15, 0.2) is 22.7 Å². The van der Waals surface area contributed by atoms with Gasteiger partial charge in [0.1, 0.15) is 17.2 Å². The monoisotopic (exact) mass is 1070 g/mol. The number of anilines is 1. The van der Waals surface area contributed by atoms with Crippen LogP contribution in [0.1, 0.15) is 91.7 Å². The molecule has 0 amide bonds. The standard InChI is InChI=1S/C38H33NO3.C38H34O2/c1-23-9-12-26(13-10-23)38(27-14-16-33(39(3)4)24(2)19-27)18-17-30-29-15-11-25-7-5-6-8-28(25)36(29)31-20-34-35(41-22-40-34)21-32(31)37(30)42-38;1-24(2)39-30-17-15-29(16-18-30)38(28-13-9-25(3)10-14-28)22-21-34-32-20-12-27-7-5-6-8-31(27)36(32)33-19-11-26(4)23-35(33)37(34)40-38/h5-10,12-14,16-21H,11,15,22H2,1-4H3;5-11,13-19,21-24H,12,20H2,1-4H3. The molecule has 6 heteroatoms. The minimum Gasteiger partial charge on any atom is -0.491 e. The molecular weight excluding hydrogens is 1010 g/mol. The Hall–Kier alpha value is -9.00. The average Bonchev–Trinajstić information content (AvgIpc) is 4.11. The summed E-state index contributed by atoms with van der Waals surface area (Å²) in [6.45, 7) is 12.9. The highest BCUT2D eigenvalue weighted by molar-refractivity contribution is 6.08. The second-order valence-corrected chi connectivity index (χ2v) is 23.5. The van der Waals surface area contributed by atoms with Gasteiger partial charge in [0.05, 0.1) is 6.10 Å². The average molecular weight is 1070 g/mol. The summed E-state index contributed by atoms with van der Waals surface area (Å²) in [4.78, 5) is 2.16. The molecule has 0 N–H and O–H groups in total. The Morgan fingerprint density at radius 3 is 1.48 bits per heavy atom. The maximum Gasteiger partial charge on any atom is 0.231 e. The van der Waals surface area contributed by atoms with E-state index in [2.05, 4.69) is 255 Å². The van der Waals surface area contributed by atoms with Crippen molar-refractivity contribution in [1.82, 2.24) is 0 Å². The van der Waals surface area contributed by atoms with E-state index in [1.165, 1.54) is 88.8 Å². The fourth-order valence-electron chi connectivity index (χ4n) is 13.5. The van der Waals surface area contributed by atoms with E-state index in [1.807, 2.05) is 0 Å². The summed E-state index contributed by atoms with van der Waals surface area (Å²) in [5.41, 5.74) is 22.1. The Balaban J connectivity index is 0.000000147. The van der Waals surface area contributed by atoms with Crippen LogP contribution in [0.3, 0.4) is 0 Å². The van der Waals surface area contributed by atoms with Gasteiger partial charge >= 0.3 is 0 Å². The summed E-state index contributed by atoms with van der Waals surface area (Å²) in [6.07, 6.45) is 13.3. The van der Waals surface area contributed by atoms with E-state index in [0.717, 1.165) is 93.0 Å². The topological polar surface area (TPSA) is 49.4 Å². The van der Waals surface area contributed by atoms with Gasteiger partial charge in [0, 0.05) is 63.9 Å². The molecule has 0 bridgehead atoms. The maximum atomic E-state index is 7.42. The Labute approximate surface area is 481 Å². The molecule has 10 aromatic rings. The molecule has 6 nitrogen and oxygen atoms in total. The molecule has 0 fully saturated rings. The fourth-order valence-corrected chi connectivity index (χ4v) is 13.5. The Bertz CT molecular complexity index is 4260. The van der Waals surface area contributed by atoms with Crippen LogP contribution in [-0.4, -0.2) is 27.0 Å². The molecule has 2 aliphatic carbocycles. The van der Waals surface area contributed by atoms with E-state index in [4.69, 9.17) is 23.7 Å². The van der Waals surface area contributed by atoms with Crippen molar-refractivity contribution in [3.8, 4) is 51.0 Å². The smallest absolute Gasteiger partial charge is 0.231 e. The molecule has 3 heterocycles. The van der Waals surface area contributed by atoms with Crippen molar-refractivity contribution < 1.29 is 23.7 Å². The predicted molar refractivity (Wildman–Crippen MR) is 335 cm³/mol. The molecule has 3 aliphatic heterocycles. The lowest BCUT2D eigenvalue weighted by Crippen LogP contribution is -2.35. The molecule has 15 rings (SSSR count). The first-order valence-corrected chi connectivity index (χ1v) is 29.0.